The standard InChI is InChI=1S/C16H15NO4/c1-11-3-5-13(6-4-11)10-21-16(18)14-7-8-15(17(19)20)12(2)9-14/h3-9H,10H2,1-2H3. The Kier molecular flexibility index (Phi) is 4.33. The van der Waals surface area contributed by atoms with Crippen molar-refractivity contribution in [3.63, 3.8) is 0 Å². The monoisotopic (exact) mass is 285 g/mol. The van der Waals surface area contributed by atoms with Gasteiger partial charge in [-0.2, -0.15) is 0 Å². The van der Waals surface area contributed by atoms with Crippen LogP contribution in [0.3, 0.4) is 0 Å². The molecule has 0 aromatic heterocycles. The summed E-state index contributed by atoms with van der Waals surface area (Å²) in [7, 11) is 0. The van der Waals surface area contributed by atoms with Gasteiger partial charge in [-0.1, -0.05) is 29.8 Å². The van der Waals surface area contributed by atoms with Crippen molar-refractivity contribution >= 4 is 11.7 Å². The Bertz CT molecular complexity index is 677. The normalized spacial score (nSPS) is 10.2. The molecule has 108 valence electrons. The minimum Gasteiger partial charge on any atom is -0.457 e. The Morgan fingerprint density at radius 3 is 2.38 bits per heavy atom. The van der Waals surface area contributed by atoms with Gasteiger partial charge in [-0.05, 0) is 31.5 Å². The van der Waals surface area contributed by atoms with Crippen molar-refractivity contribution in [2.45, 2.75) is 20.5 Å². The first kappa shape index (κ1) is 14.7. The van der Waals surface area contributed by atoms with E-state index in [0.29, 0.717) is 11.1 Å². The number of nitrogens with zero attached hydrogens (tertiary/aromatic N) is 1. The van der Waals surface area contributed by atoms with Crippen LogP contribution in [0.1, 0.15) is 27.0 Å². The van der Waals surface area contributed by atoms with E-state index in [4.69, 9.17) is 4.74 Å². The number of rotatable bonds is 4. The van der Waals surface area contributed by atoms with Gasteiger partial charge >= 0.3 is 5.97 Å². The molecule has 2 aromatic carbocycles. The van der Waals surface area contributed by atoms with E-state index in [1.54, 1.807) is 6.92 Å². The van der Waals surface area contributed by atoms with E-state index in [9.17, 15) is 14.9 Å². The van der Waals surface area contributed by atoms with Crippen molar-refractivity contribution < 1.29 is 14.5 Å². The number of carbonyl (C=O) groups is 1. The van der Waals surface area contributed by atoms with E-state index in [1.807, 2.05) is 31.2 Å². The van der Waals surface area contributed by atoms with Crippen molar-refractivity contribution in [2.24, 2.45) is 0 Å². The molecule has 0 aliphatic carbocycles. The van der Waals surface area contributed by atoms with Crippen LogP contribution in [0.2, 0.25) is 0 Å². The number of nitro benzene ring substituents is 1. The van der Waals surface area contributed by atoms with Crippen LogP contribution in [-0.4, -0.2) is 10.9 Å². The van der Waals surface area contributed by atoms with Crippen LogP contribution in [-0.2, 0) is 11.3 Å². The third-order valence-electron chi connectivity index (χ3n) is 3.12. The molecular formula is C16H15NO4. The first-order chi connectivity index (χ1) is 9.97. The lowest BCUT2D eigenvalue weighted by molar-refractivity contribution is -0.385. The summed E-state index contributed by atoms with van der Waals surface area (Å²) in [6.45, 7) is 3.75. The predicted molar refractivity (Wildman–Crippen MR) is 78.1 cm³/mol. The molecular weight excluding hydrogens is 270 g/mol. The van der Waals surface area contributed by atoms with Gasteiger partial charge < -0.3 is 4.74 Å². The summed E-state index contributed by atoms with van der Waals surface area (Å²) in [4.78, 5) is 22.2. The molecule has 2 aromatic rings. The van der Waals surface area contributed by atoms with Crippen molar-refractivity contribution in [3.8, 4) is 0 Å². The lowest BCUT2D eigenvalue weighted by Gasteiger charge is -2.06. The largest absolute Gasteiger partial charge is 0.457 e. The smallest absolute Gasteiger partial charge is 0.338 e. The second kappa shape index (κ2) is 6.17. The zero-order chi connectivity index (χ0) is 15.4. The van der Waals surface area contributed by atoms with E-state index in [0.717, 1.165) is 11.1 Å². The van der Waals surface area contributed by atoms with Crippen LogP contribution >= 0.6 is 0 Å². The number of ether oxygens (including phenoxy) is 1. The lowest BCUT2D eigenvalue weighted by Crippen LogP contribution is -2.06. The molecule has 0 aliphatic heterocycles. The quantitative estimate of drug-likeness (QED) is 0.489. The highest BCUT2D eigenvalue weighted by molar-refractivity contribution is 5.90. The fourth-order valence-electron chi connectivity index (χ4n) is 1.90. The van der Waals surface area contributed by atoms with Gasteiger partial charge in [0.15, 0.2) is 0 Å². The average molecular weight is 285 g/mol. The van der Waals surface area contributed by atoms with Gasteiger partial charge in [-0.15, -0.1) is 0 Å². The summed E-state index contributed by atoms with van der Waals surface area (Å²) in [6, 6.07) is 11.9. The number of hydrogen-bond donors (Lipinski definition) is 0. The molecule has 0 bridgehead atoms. The first-order valence-corrected chi connectivity index (χ1v) is 6.45. The fraction of sp³-hybridized carbons (Fsp3) is 0.188. The summed E-state index contributed by atoms with van der Waals surface area (Å²) >= 11 is 0. The van der Waals surface area contributed by atoms with Crippen molar-refractivity contribution in [1.29, 1.82) is 0 Å². The lowest BCUT2D eigenvalue weighted by atomic mass is 10.1. The van der Waals surface area contributed by atoms with Crippen LogP contribution in [0, 0.1) is 24.0 Å². The molecule has 0 fully saturated rings. The molecule has 2 rings (SSSR count). The van der Waals surface area contributed by atoms with Crippen LogP contribution in [0.4, 0.5) is 5.69 Å². The first-order valence-electron chi connectivity index (χ1n) is 6.45. The van der Waals surface area contributed by atoms with Crippen LogP contribution in [0.15, 0.2) is 42.5 Å². The van der Waals surface area contributed by atoms with Crippen molar-refractivity contribution in [1.82, 2.24) is 0 Å². The number of carbonyl (C=O) groups excluding carboxylic acids is 1. The maximum absolute atomic E-state index is 11.9. The molecule has 0 radical (unpaired) electrons. The summed E-state index contributed by atoms with van der Waals surface area (Å²) in [5.74, 6) is -0.492. The maximum atomic E-state index is 11.9. The van der Waals surface area contributed by atoms with Gasteiger partial charge in [-0.3, -0.25) is 10.1 Å². The highest BCUT2D eigenvalue weighted by atomic mass is 16.6. The van der Waals surface area contributed by atoms with Crippen LogP contribution in [0.5, 0.6) is 0 Å². The zero-order valence-electron chi connectivity index (χ0n) is 11.8. The molecule has 0 spiro atoms. The number of benzene rings is 2. The molecule has 5 nitrogen and oxygen atoms in total. The predicted octanol–water partition coefficient (Wildman–Crippen LogP) is 3.57. The molecule has 0 amide bonds. The molecule has 0 atom stereocenters. The molecule has 0 heterocycles. The molecule has 5 heteroatoms. The van der Waals surface area contributed by atoms with Gasteiger partial charge in [0.25, 0.3) is 5.69 Å². The van der Waals surface area contributed by atoms with Gasteiger partial charge in [0, 0.05) is 11.6 Å². The van der Waals surface area contributed by atoms with Crippen LogP contribution < -0.4 is 0 Å². The van der Waals surface area contributed by atoms with Gasteiger partial charge in [0.05, 0.1) is 10.5 Å². The highest BCUT2D eigenvalue weighted by Gasteiger charge is 2.14. The summed E-state index contributed by atoms with van der Waals surface area (Å²) in [6.07, 6.45) is 0. The minimum absolute atomic E-state index is 0.00918. The maximum Gasteiger partial charge on any atom is 0.338 e. The molecule has 0 aliphatic rings. The SMILES string of the molecule is Cc1ccc(COC(=O)c2ccc([N+](=O)[O-])c(C)c2)cc1. The van der Waals surface area contributed by atoms with Crippen molar-refractivity contribution in [2.75, 3.05) is 0 Å². The molecule has 0 unspecified atom stereocenters. The molecule has 0 saturated heterocycles. The van der Waals surface area contributed by atoms with E-state index in [1.165, 1.54) is 18.2 Å². The Labute approximate surface area is 122 Å². The third-order valence-corrected chi connectivity index (χ3v) is 3.12. The Morgan fingerprint density at radius 2 is 1.81 bits per heavy atom. The Hall–Kier alpha value is -2.69. The Morgan fingerprint density at radius 1 is 1.14 bits per heavy atom. The fourth-order valence-corrected chi connectivity index (χ4v) is 1.90. The minimum atomic E-state index is -0.492. The number of esters is 1. The van der Waals surface area contributed by atoms with E-state index >= 15 is 0 Å². The van der Waals surface area contributed by atoms with E-state index in [2.05, 4.69) is 0 Å². The number of hydrogen-bond acceptors (Lipinski definition) is 4. The molecule has 21 heavy (non-hydrogen) atoms. The summed E-state index contributed by atoms with van der Waals surface area (Å²) in [5.41, 5.74) is 2.77. The zero-order valence-corrected chi connectivity index (χ0v) is 11.8. The second-order valence-electron chi connectivity index (χ2n) is 4.82. The van der Waals surface area contributed by atoms with Gasteiger partial charge in [0.1, 0.15) is 6.61 Å². The Balaban J connectivity index is 2.05. The van der Waals surface area contributed by atoms with Crippen LogP contribution in [0.25, 0.3) is 0 Å². The average Bonchev–Trinajstić information content (AvgIpc) is 2.45. The number of nitro groups is 1. The number of aryl methyl sites for hydroxylation is 2. The summed E-state index contributed by atoms with van der Waals surface area (Å²) < 4.78 is 5.20. The van der Waals surface area contributed by atoms with E-state index in [-0.39, 0.29) is 12.3 Å². The second-order valence-corrected chi connectivity index (χ2v) is 4.82. The third kappa shape index (κ3) is 3.66. The summed E-state index contributed by atoms with van der Waals surface area (Å²) in [5, 5.41) is 10.7. The molecule has 0 N–H and O–H groups in total. The highest BCUT2D eigenvalue weighted by Crippen LogP contribution is 2.19. The topological polar surface area (TPSA) is 69.4 Å². The van der Waals surface area contributed by atoms with Crippen molar-refractivity contribution in [3.05, 3.63) is 74.8 Å². The van der Waals surface area contributed by atoms with E-state index < -0.39 is 10.9 Å². The van der Waals surface area contributed by atoms with Gasteiger partial charge in [-0.25, -0.2) is 4.79 Å². The molecule has 0 saturated carbocycles. The van der Waals surface area contributed by atoms with Gasteiger partial charge in [0.2, 0.25) is 0 Å².